The molecule has 0 unspecified atom stereocenters. The van der Waals surface area contributed by atoms with Gasteiger partial charge in [0.1, 0.15) is 0 Å². The fraction of sp³-hybridized carbons (Fsp3) is 0.278. The molecule has 2 aromatic carbocycles. The molecule has 21 heavy (non-hydrogen) atoms. The number of aromatic nitrogens is 1. The summed E-state index contributed by atoms with van der Waals surface area (Å²) in [6.45, 7) is 2.94. The van der Waals surface area contributed by atoms with E-state index in [0.717, 1.165) is 23.0 Å². The lowest BCUT2D eigenvalue weighted by Crippen LogP contribution is -1.99. The average Bonchev–Trinajstić information content (AvgIpc) is 3.27. The highest BCUT2D eigenvalue weighted by Gasteiger charge is 2.23. The van der Waals surface area contributed by atoms with Crippen molar-refractivity contribution in [1.82, 2.24) is 4.98 Å². The van der Waals surface area contributed by atoms with Gasteiger partial charge in [0.25, 0.3) is 0 Å². The van der Waals surface area contributed by atoms with Gasteiger partial charge in [-0.05, 0) is 55.0 Å². The summed E-state index contributed by atoms with van der Waals surface area (Å²) in [5, 5.41) is 4.65. The normalized spacial score (nSPS) is 14.5. The van der Waals surface area contributed by atoms with Crippen LogP contribution in [0.2, 0.25) is 0 Å². The molecule has 0 saturated heterocycles. The maximum Gasteiger partial charge on any atom is 0.0907 e. The maximum atomic E-state index is 4.50. The van der Waals surface area contributed by atoms with Crippen LogP contribution in [0.3, 0.4) is 0 Å². The molecule has 0 amide bonds. The summed E-state index contributed by atoms with van der Waals surface area (Å²) in [6, 6.07) is 15.4. The van der Waals surface area contributed by atoms with Crippen LogP contribution in [-0.2, 0) is 6.54 Å². The Kier molecular flexibility index (Phi) is 3.15. The zero-order valence-corrected chi connectivity index (χ0v) is 12.9. The van der Waals surface area contributed by atoms with Crippen molar-refractivity contribution in [2.24, 2.45) is 0 Å². The molecule has 1 aliphatic rings. The van der Waals surface area contributed by atoms with Crippen LogP contribution in [0.25, 0.3) is 10.2 Å². The molecule has 1 heterocycles. The summed E-state index contributed by atoms with van der Waals surface area (Å²) in [5.41, 5.74) is 5.13. The zero-order chi connectivity index (χ0) is 14.2. The predicted molar refractivity (Wildman–Crippen MR) is 90.1 cm³/mol. The van der Waals surface area contributed by atoms with Gasteiger partial charge in [0.05, 0.1) is 15.2 Å². The fourth-order valence-electron chi connectivity index (χ4n) is 2.73. The van der Waals surface area contributed by atoms with Crippen LogP contribution in [0, 0.1) is 6.92 Å². The van der Waals surface area contributed by atoms with Crippen LogP contribution in [0.1, 0.15) is 34.9 Å². The van der Waals surface area contributed by atoms with Crippen LogP contribution in [0.4, 0.5) is 5.69 Å². The van der Waals surface area contributed by atoms with Crippen molar-refractivity contribution in [3.63, 3.8) is 0 Å². The van der Waals surface area contributed by atoms with Gasteiger partial charge in [-0.25, -0.2) is 4.98 Å². The van der Waals surface area contributed by atoms with Gasteiger partial charge in [0.15, 0.2) is 0 Å². The van der Waals surface area contributed by atoms with Gasteiger partial charge in [0.2, 0.25) is 0 Å². The Labute approximate surface area is 128 Å². The predicted octanol–water partition coefficient (Wildman–Crippen LogP) is 5.09. The number of benzene rings is 2. The van der Waals surface area contributed by atoms with E-state index >= 15 is 0 Å². The topological polar surface area (TPSA) is 24.9 Å². The molecule has 0 radical (unpaired) electrons. The minimum atomic E-state index is 0.821. The first-order valence-electron chi connectivity index (χ1n) is 7.48. The lowest BCUT2D eigenvalue weighted by Gasteiger charge is -2.08. The molecule has 0 atom stereocenters. The molecule has 1 saturated carbocycles. The number of thiazole rings is 1. The third-order valence-electron chi connectivity index (χ3n) is 3.99. The second-order valence-electron chi connectivity index (χ2n) is 5.79. The van der Waals surface area contributed by atoms with Crippen LogP contribution in [0.15, 0.2) is 42.5 Å². The SMILES string of the molecule is Cc1nc2ccc(NCc3cccc(C4CC4)c3)cc2s1. The van der Waals surface area contributed by atoms with Crippen molar-refractivity contribution in [1.29, 1.82) is 0 Å². The molecule has 2 nitrogen and oxygen atoms in total. The Hall–Kier alpha value is -1.87. The Morgan fingerprint density at radius 2 is 2.10 bits per heavy atom. The van der Waals surface area contributed by atoms with E-state index in [2.05, 4.69) is 59.7 Å². The van der Waals surface area contributed by atoms with Crippen molar-refractivity contribution in [2.45, 2.75) is 32.2 Å². The van der Waals surface area contributed by atoms with Crippen molar-refractivity contribution in [3.8, 4) is 0 Å². The first-order chi connectivity index (χ1) is 10.3. The van der Waals surface area contributed by atoms with Gasteiger partial charge in [0, 0.05) is 12.2 Å². The number of anilines is 1. The van der Waals surface area contributed by atoms with E-state index in [9.17, 15) is 0 Å². The minimum Gasteiger partial charge on any atom is -0.381 e. The van der Waals surface area contributed by atoms with Gasteiger partial charge < -0.3 is 5.32 Å². The number of nitrogens with zero attached hydrogens (tertiary/aromatic N) is 1. The molecule has 1 fully saturated rings. The highest BCUT2D eigenvalue weighted by atomic mass is 32.1. The van der Waals surface area contributed by atoms with E-state index < -0.39 is 0 Å². The number of aryl methyl sites for hydroxylation is 1. The maximum absolute atomic E-state index is 4.50. The average molecular weight is 294 g/mol. The molecule has 3 aromatic rings. The molecule has 1 N–H and O–H groups in total. The van der Waals surface area contributed by atoms with Crippen molar-refractivity contribution in [2.75, 3.05) is 5.32 Å². The molecule has 106 valence electrons. The van der Waals surface area contributed by atoms with E-state index in [0.29, 0.717) is 0 Å². The van der Waals surface area contributed by atoms with Crippen LogP contribution in [-0.4, -0.2) is 4.98 Å². The summed E-state index contributed by atoms with van der Waals surface area (Å²) < 4.78 is 1.25. The van der Waals surface area contributed by atoms with Gasteiger partial charge in [-0.15, -0.1) is 11.3 Å². The zero-order valence-electron chi connectivity index (χ0n) is 12.1. The monoisotopic (exact) mass is 294 g/mol. The number of fused-ring (bicyclic) bond motifs is 1. The Bertz CT molecular complexity index is 787. The molecule has 0 aliphatic heterocycles. The third-order valence-corrected chi connectivity index (χ3v) is 4.93. The molecule has 4 rings (SSSR count). The van der Waals surface area contributed by atoms with Crippen LogP contribution >= 0.6 is 11.3 Å². The number of hydrogen-bond donors (Lipinski definition) is 1. The largest absolute Gasteiger partial charge is 0.381 e. The number of rotatable bonds is 4. The van der Waals surface area contributed by atoms with E-state index in [1.807, 2.05) is 0 Å². The number of hydrogen-bond acceptors (Lipinski definition) is 3. The molecular formula is C18H18N2S. The van der Waals surface area contributed by atoms with Gasteiger partial charge in [-0.2, -0.15) is 0 Å². The van der Waals surface area contributed by atoms with E-state index in [4.69, 9.17) is 0 Å². The third kappa shape index (κ3) is 2.79. The Morgan fingerprint density at radius 3 is 2.95 bits per heavy atom. The smallest absolute Gasteiger partial charge is 0.0907 e. The number of nitrogens with one attached hydrogen (secondary N) is 1. The van der Waals surface area contributed by atoms with Crippen molar-refractivity contribution >= 4 is 27.2 Å². The van der Waals surface area contributed by atoms with Crippen LogP contribution < -0.4 is 5.32 Å². The van der Waals surface area contributed by atoms with E-state index in [1.54, 1.807) is 11.3 Å². The summed E-state index contributed by atoms with van der Waals surface area (Å²) >= 11 is 1.75. The molecular weight excluding hydrogens is 276 g/mol. The highest BCUT2D eigenvalue weighted by molar-refractivity contribution is 7.18. The quantitative estimate of drug-likeness (QED) is 0.724. The standard InChI is InChI=1S/C18H18N2S/c1-12-20-17-8-7-16(10-18(17)21-12)19-11-13-3-2-4-15(9-13)14-5-6-14/h2-4,7-10,14,19H,5-6,11H2,1H3. The fourth-order valence-corrected chi connectivity index (χ4v) is 3.59. The van der Waals surface area contributed by atoms with E-state index in [-0.39, 0.29) is 0 Å². The van der Waals surface area contributed by atoms with E-state index in [1.165, 1.54) is 34.4 Å². The van der Waals surface area contributed by atoms with Crippen LogP contribution in [0.5, 0.6) is 0 Å². The Balaban J connectivity index is 1.50. The van der Waals surface area contributed by atoms with Crippen molar-refractivity contribution < 1.29 is 0 Å². The summed E-state index contributed by atoms with van der Waals surface area (Å²) in [4.78, 5) is 4.50. The second kappa shape index (κ2) is 5.15. The minimum absolute atomic E-state index is 0.821. The highest BCUT2D eigenvalue weighted by Crippen LogP contribution is 2.40. The lowest BCUT2D eigenvalue weighted by atomic mass is 10.1. The summed E-state index contributed by atoms with van der Waals surface area (Å²) in [6.07, 6.45) is 2.72. The molecule has 0 bridgehead atoms. The van der Waals surface area contributed by atoms with Gasteiger partial charge in [-0.1, -0.05) is 24.3 Å². The summed E-state index contributed by atoms with van der Waals surface area (Å²) in [5.74, 6) is 0.821. The first kappa shape index (κ1) is 12.8. The van der Waals surface area contributed by atoms with Crippen molar-refractivity contribution in [3.05, 3.63) is 58.6 Å². The Morgan fingerprint density at radius 1 is 1.19 bits per heavy atom. The molecule has 3 heteroatoms. The van der Waals surface area contributed by atoms with Gasteiger partial charge >= 0.3 is 0 Å². The summed E-state index contributed by atoms with van der Waals surface area (Å²) in [7, 11) is 0. The molecule has 0 spiro atoms. The molecule has 1 aromatic heterocycles. The van der Waals surface area contributed by atoms with Gasteiger partial charge in [-0.3, -0.25) is 0 Å². The molecule has 1 aliphatic carbocycles. The second-order valence-corrected chi connectivity index (χ2v) is 7.02. The first-order valence-corrected chi connectivity index (χ1v) is 8.29. The lowest BCUT2D eigenvalue weighted by molar-refractivity contribution is 1.09.